The van der Waals surface area contributed by atoms with Gasteiger partial charge in [0, 0.05) is 6.54 Å². The molecule has 0 bridgehead atoms. The van der Waals surface area contributed by atoms with E-state index in [2.05, 4.69) is 31.6 Å². The first-order chi connectivity index (χ1) is 15.2. The molecule has 0 saturated carbocycles. The lowest BCUT2D eigenvalue weighted by molar-refractivity contribution is 0.149. The second-order valence-electron chi connectivity index (χ2n) is 6.56. The van der Waals surface area contributed by atoms with Crippen LogP contribution in [0, 0.1) is 5.82 Å². The summed E-state index contributed by atoms with van der Waals surface area (Å²) in [6.45, 7) is 7.48. The van der Waals surface area contributed by atoms with Gasteiger partial charge < -0.3 is 9.68 Å². The van der Waals surface area contributed by atoms with E-state index < -0.39 is 21.9 Å². The van der Waals surface area contributed by atoms with Gasteiger partial charge in [-0.25, -0.2) is 17.5 Å². The molecule has 0 radical (unpaired) electrons. The fourth-order valence-corrected chi connectivity index (χ4v) is 4.83. The molecule has 0 fully saturated rings. The smallest absolute Gasteiger partial charge is 0.322 e. The molecule has 0 spiro atoms. The van der Waals surface area contributed by atoms with Gasteiger partial charge in [0.25, 0.3) is 0 Å². The fourth-order valence-electron chi connectivity index (χ4n) is 2.94. The van der Waals surface area contributed by atoms with Crippen LogP contribution in [0.1, 0.15) is 25.7 Å². The van der Waals surface area contributed by atoms with Crippen LogP contribution >= 0.6 is 11.6 Å². The monoisotopic (exact) mass is 482 g/mol. The Hall–Kier alpha value is -3.06. The Morgan fingerprint density at radius 1 is 1.31 bits per heavy atom. The van der Waals surface area contributed by atoms with Crippen LogP contribution in [0.3, 0.4) is 0 Å². The van der Waals surface area contributed by atoms with Gasteiger partial charge in [0.05, 0.1) is 11.1 Å². The Bertz CT molecular complexity index is 1220. The summed E-state index contributed by atoms with van der Waals surface area (Å²) < 4.78 is 49.1. The lowest BCUT2D eigenvalue weighted by Crippen LogP contribution is -2.33. The number of rotatable bonds is 8. The van der Waals surface area contributed by atoms with Crippen molar-refractivity contribution in [1.29, 1.82) is 0 Å². The summed E-state index contributed by atoms with van der Waals surface area (Å²) >= 11 is 6.13. The molecule has 1 heterocycles. The number of halogens is 2. The van der Waals surface area contributed by atoms with Crippen LogP contribution in [0.2, 0.25) is 0 Å². The second kappa shape index (κ2) is 9.61. The lowest BCUT2D eigenvalue weighted by atomic mass is 10.1. The van der Waals surface area contributed by atoms with Crippen molar-refractivity contribution in [2.24, 2.45) is 11.1 Å². The van der Waals surface area contributed by atoms with Crippen LogP contribution in [-0.2, 0) is 21.5 Å². The van der Waals surface area contributed by atoms with Gasteiger partial charge >= 0.3 is 6.01 Å². The molecule has 1 aliphatic carbocycles. The summed E-state index contributed by atoms with van der Waals surface area (Å²) in [5.41, 5.74) is 0.122. The second-order valence-corrected chi connectivity index (χ2v) is 8.62. The SMILES string of the molecule is C=C1C=CC(Cl)=C(S(=O)(=O)N[C@H](C)c2nnc(Oc3ccc(F)cc3)n2CC)/C1=N/ON. The first kappa shape index (κ1) is 23.6. The Kier molecular flexibility index (Phi) is 7.09. The van der Waals surface area contributed by atoms with E-state index in [0.29, 0.717) is 12.3 Å². The molecule has 170 valence electrons. The quantitative estimate of drug-likeness (QED) is 0.552. The maximum absolute atomic E-state index is 13.1. The average molecular weight is 483 g/mol. The molecule has 1 atom stereocenters. The number of nitrogens with zero attached hydrogens (tertiary/aromatic N) is 4. The Morgan fingerprint density at radius 3 is 2.62 bits per heavy atom. The van der Waals surface area contributed by atoms with Crippen LogP contribution in [-0.4, -0.2) is 28.9 Å². The summed E-state index contributed by atoms with van der Waals surface area (Å²) in [6, 6.07) is 4.64. The zero-order chi connectivity index (χ0) is 23.5. The molecule has 0 aliphatic heterocycles. The molecule has 1 aliphatic rings. The van der Waals surface area contributed by atoms with Gasteiger partial charge in [0.1, 0.15) is 22.2 Å². The molecular weight excluding hydrogens is 463 g/mol. The molecule has 10 nitrogen and oxygen atoms in total. The van der Waals surface area contributed by atoms with Gasteiger partial charge in [-0.1, -0.05) is 34.5 Å². The zero-order valence-corrected chi connectivity index (χ0v) is 18.7. The summed E-state index contributed by atoms with van der Waals surface area (Å²) in [5.74, 6) is 5.21. The van der Waals surface area contributed by atoms with E-state index in [1.807, 2.05) is 6.92 Å². The normalized spacial score (nSPS) is 16.5. The Morgan fingerprint density at radius 2 is 2.00 bits per heavy atom. The van der Waals surface area contributed by atoms with Gasteiger partial charge in [0.15, 0.2) is 5.82 Å². The molecule has 1 aromatic carbocycles. The van der Waals surface area contributed by atoms with Crippen molar-refractivity contribution < 1.29 is 22.5 Å². The first-order valence-electron chi connectivity index (χ1n) is 9.28. The molecule has 0 amide bonds. The third-order valence-electron chi connectivity index (χ3n) is 4.38. The Balaban J connectivity index is 1.89. The van der Waals surface area contributed by atoms with Gasteiger partial charge in [0.2, 0.25) is 10.0 Å². The molecule has 13 heteroatoms. The van der Waals surface area contributed by atoms with Gasteiger partial charge in [-0.05, 0) is 49.8 Å². The minimum Gasteiger partial charge on any atom is -0.424 e. The lowest BCUT2D eigenvalue weighted by Gasteiger charge is -2.19. The number of nitrogens with two attached hydrogens (primary N) is 1. The van der Waals surface area contributed by atoms with E-state index in [4.69, 9.17) is 22.2 Å². The molecule has 0 unspecified atom stereocenters. The third kappa shape index (κ3) is 4.88. The summed E-state index contributed by atoms with van der Waals surface area (Å²) in [6.07, 6.45) is 2.86. The van der Waals surface area contributed by atoms with Gasteiger partial charge in [-0.2, -0.15) is 0 Å². The summed E-state index contributed by atoms with van der Waals surface area (Å²) in [5, 5.41) is 11.5. The van der Waals surface area contributed by atoms with Crippen LogP contribution in [0.5, 0.6) is 11.8 Å². The highest BCUT2D eigenvalue weighted by Crippen LogP contribution is 2.29. The zero-order valence-electron chi connectivity index (χ0n) is 17.1. The minimum atomic E-state index is -4.21. The van der Waals surface area contributed by atoms with Crippen molar-refractivity contribution in [3.8, 4) is 11.8 Å². The molecule has 0 saturated heterocycles. The molecule has 3 N–H and O–H groups in total. The number of oxime groups is 1. The predicted octanol–water partition coefficient (Wildman–Crippen LogP) is 3.03. The van der Waals surface area contributed by atoms with Crippen molar-refractivity contribution in [3.05, 3.63) is 70.1 Å². The van der Waals surface area contributed by atoms with Crippen LogP contribution < -0.4 is 15.4 Å². The highest BCUT2D eigenvalue weighted by molar-refractivity contribution is 7.94. The highest BCUT2D eigenvalue weighted by atomic mass is 35.5. The predicted molar refractivity (Wildman–Crippen MR) is 117 cm³/mol. The van der Waals surface area contributed by atoms with E-state index in [1.165, 1.54) is 36.4 Å². The van der Waals surface area contributed by atoms with Crippen molar-refractivity contribution in [3.63, 3.8) is 0 Å². The number of sulfonamides is 1. The number of hydrogen-bond acceptors (Lipinski definition) is 8. The maximum atomic E-state index is 13.1. The van der Waals surface area contributed by atoms with E-state index >= 15 is 0 Å². The average Bonchev–Trinajstić information content (AvgIpc) is 3.14. The van der Waals surface area contributed by atoms with E-state index in [1.54, 1.807) is 11.5 Å². The largest absolute Gasteiger partial charge is 0.424 e. The van der Waals surface area contributed by atoms with Crippen LogP contribution in [0.15, 0.2) is 63.7 Å². The fraction of sp³-hybridized carbons (Fsp3) is 0.211. The van der Waals surface area contributed by atoms with E-state index in [9.17, 15) is 12.8 Å². The molecule has 1 aromatic heterocycles. The van der Waals surface area contributed by atoms with Crippen LogP contribution in [0.25, 0.3) is 0 Å². The van der Waals surface area contributed by atoms with Crippen molar-refractivity contribution in [2.75, 3.05) is 0 Å². The highest BCUT2D eigenvalue weighted by Gasteiger charge is 2.33. The van der Waals surface area contributed by atoms with Crippen LogP contribution in [0.4, 0.5) is 4.39 Å². The standard InChI is InChI=1S/C19H20ClFN6O4S/c1-4-27-18(23-24-19(27)30-14-8-6-13(21)7-9-14)12(3)26-32(28,29)17-15(20)10-5-11(2)16(17)25-31-22/h5-10,12,26H,2,4,22H2,1,3H3/b25-16+/t12-/m1/s1. The number of benzene rings is 1. The van der Waals surface area contributed by atoms with Crippen molar-refractivity contribution in [2.45, 2.75) is 26.4 Å². The number of allylic oxidation sites excluding steroid dienone is 5. The Labute approximate surface area is 188 Å². The van der Waals surface area contributed by atoms with Crippen molar-refractivity contribution in [1.82, 2.24) is 19.5 Å². The number of nitrogens with one attached hydrogen (secondary N) is 1. The first-order valence-corrected chi connectivity index (χ1v) is 11.1. The summed E-state index contributed by atoms with van der Waals surface area (Å²) in [7, 11) is -4.21. The van der Waals surface area contributed by atoms with Gasteiger partial charge in [-0.15, -0.1) is 11.0 Å². The third-order valence-corrected chi connectivity index (χ3v) is 6.43. The van der Waals surface area contributed by atoms with E-state index in [-0.39, 0.29) is 33.1 Å². The van der Waals surface area contributed by atoms with Gasteiger partial charge in [-0.3, -0.25) is 4.57 Å². The molecule has 2 aromatic rings. The number of aromatic nitrogens is 3. The topological polar surface area (TPSA) is 134 Å². The molecule has 3 rings (SSSR count). The molecular formula is C19H20ClFN6O4S. The van der Waals surface area contributed by atoms with E-state index in [0.717, 1.165) is 0 Å². The summed E-state index contributed by atoms with van der Waals surface area (Å²) in [4.78, 5) is 3.92. The molecule has 32 heavy (non-hydrogen) atoms. The van der Waals surface area contributed by atoms with Crippen molar-refractivity contribution >= 4 is 27.3 Å². The minimum absolute atomic E-state index is 0.0924. The number of hydrogen-bond donors (Lipinski definition) is 2. The number of ether oxygens (including phenoxy) is 1. The maximum Gasteiger partial charge on any atom is 0.322 e.